The van der Waals surface area contributed by atoms with Gasteiger partial charge in [0.25, 0.3) is 0 Å². The predicted molar refractivity (Wildman–Crippen MR) is 117 cm³/mol. The molecule has 1 unspecified atom stereocenters. The minimum absolute atomic E-state index is 0.142. The number of alkyl halides is 1. The molecule has 0 spiro atoms. The normalized spacial score (nSPS) is 14.8. The summed E-state index contributed by atoms with van der Waals surface area (Å²) in [5, 5.41) is 3.21. The van der Waals surface area contributed by atoms with Crippen LogP contribution in [0, 0.1) is 0 Å². The lowest BCUT2D eigenvalue weighted by Gasteiger charge is -2.30. The molecule has 0 bridgehead atoms. The van der Waals surface area contributed by atoms with E-state index < -0.39 is 0 Å². The van der Waals surface area contributed by atoms with Crippen LogP contribution in [-0.2, 0) is 12.4 Å². The molecule has 0 radical (unpaired) electrons. The zero-order chi connectivity index (χ0) is 19.7. The van der Waals surface area contributed by atoms with E-state index in [9.17, 15) is 0 Å². The van der Waals surface area contributed by atoms with E-state index in [0.717, 1.165) is 29.3 Å². The van der Waals surface area contributed by atoms with E-state index in [1.807, 2.05) is 21.1 Å². The number of hydrogen-bond donors (Lipinski definition) is 1. The first-order valence-electron chi connectivity index (χ1n) is 9.52. The van der Waals surface area contributed by atoms with Crippen molar-refractivity contribution in [3.8, 4) is 11.5 Å². The molecule has 4 rings (SSSR count). The summed E-state index contributed by atoms with van der Waals surface area (Å²) < 4.78 is 6.38. The third kappa shape index (κ3) is 3.48. The Hall–Kier alpha value is -2.49. The lowest BCUT2D eigenvalue weighted by molar-refractivity contribution is 0.452. The van der Waals surface area contributed by atoms with Crippen molar-refractivity contribution >= 4 is 17.3 Å². The monoisotopic (exact) mass is 392 g/mol. The quantitative estimate of drug-likeness (QED) is 0.454. The summed E-state index contributed by atoms with van der Waals surface area (Å²) in [5.41, 5.74) is 7.11. The summed E-state index contributed by atoms with van der Waals surface area (Å²) in [5.74, 6) is 2.53. The Morgan fingerprint density at radius 2 is 1.54 bits per heavy atom. The molecule has 0 saturated carbocycles. The first-order chi connectivity index (χ1) is 13.6. The van der Waals surface area contributed by atoms with Crippen molar-refractivity contribution in [1.82, 2.24) is 5.32 Å². The fraction of sp³-hybridized carbons (Fsp3) is 0.250. The van der Waals surface area contributed by atoms with Gasteiger partial charge in [0, 0.05) is 55.3 Å². The van der Waals surface area contributed by atoms with Gasteiger partial charge in [-0.05, 0) is 35.9 Å². The van der Waals surface area contributed by atoms with E-state index in [1.54, 1.807) is 0 Å². The van der Waals surface area contributed by atoms with E-state index in [0.29, 0.717) is 5.88 Å². The van der Waals surface area contributed by atoms with Crippen LogP contribution in [0.3, 0.4) is 0 Å². The molecule has 0 aromatic heterocycles. The molecule has 3 nitrogen and oxygen atoms in total. The van der Waals surface area contributed by atoms with Crippen molar-refractivity contribution in [2.45, 2.75) is 18.3 Å². The summed E-state index contributed by atoms with van der Waals surface area (Å²) in [4.78, 5) is 2.10. The number of rotatable bonds is 5. The van der Waals surface area contributed by atoms with Crippen LogP contribution in [0.15, 0.2) is 60.7 Å². The number of nitrogens with zero attached hydrogens (tertiary/aromatic N) is 1. The molecule has 1 aliphatic heterocycles. The molecule has 1 N–H and O–H groups in total. The zero-order valence-corrected chi connectivity index (χ0v) is 17.3. The number of hydrogen-bond acceptors (Lipinski definition) is 3. The van der Waals surface area contributed by atoms with Crippen LogP contribution in [0.25, 0.3) is 0 Å². The number of halogens is 1. The van der Waals surface area contributed by atoms with Crippen molar-refractivity contribution in [2.75, 3.05) is 26.0 Å². The van der Waals surface area contributed by atoms with Gasteiger partial charge in [0.15, 0.2) is 0 Å². The van der Waals surface area contributed by atoms with E-state index in [-0.39, 0.29) is 5.92 Å². The Bertz CT molecular complexity index is 982. The van der Waals surface area contributed by atoms with E-state index >= 15 is 0 Å². The molecule has 4 heteroatoms. The molecule has 3 aromatic rings. The number of anilines is 1. The van der Waals surface area contributed by atoms with Crippen molar-refractivity contribution < 1.29 is 4.74 Å². The molecule has 3 aromatic carbocycles. The highest BCUT2D eigenvalue weighted by Gasteiger charge is 2.29. The Morgan fingerprint density at radius 1 is 0.893 bits per heavy atom. The Kier molecular flexibility index (Phi) is 5.29. The molecule has 0 aliphatic carbocycles. The fourth-order valence-electron chi connectivity index (χ4n) is 3.79. The molecule has 0 fully saturated rings. The molecule has 0 amide bonds. The maximum atomic E-state index is 6.38. The smallest absolute Gasteiger partial charge is 0.133 e. The number of ether oxygens (including phenoxy) is 1. The highest BCUT2D eigenvalue weighted by atomic mass is 35.5. The van der Waals surface area contributed by atoms with Crippen molar-refractivity contribution in [1.29, 1.82) is 0 Å². The molecule has 1 aliphatic rings. The largest absolute Gasteiger partial charge is 0.457 e. The summed E-state index contributed by atoms with van der Waals surface area (Å²) in [6.45, 7) is 0.816. The Labute approximate surface area is 171 Å². The maximum Gasteiger partial charge on any atom is 0.133 e. The first-order valence-corrected chi connectivity index (χ1v) is 10.1. The molecule has 28 heavy (non-hydrogen) atoms. The average Bonchev–Trinajstić information content (AvgIpc) is 2.72. The van der Waals surface area contributed by atoms with Crippen LogP contribution in [0.4, 0.5) is 5.69 Å². The molecule has 0 saturated heterocycles. The summed E-state index contributed by atoms with van der Waals surface area (Å²) in [7, 11) is 6.05. The van der Waals surface area contributed by atoms with Gasteiger partial charge in [-0.1, -0.05) is 42.5 Å². The highest BCUT2D eigenvalue weighted by Crippen LogP contribution is 2.48. The van der Waals surface area contributed by atoms with Gasteiger partial charge in [0.05, 0.1) is 0 Å². The fourth-order valence-corrected chi connectivity index (χ4v) is 3.97. The lowest BCUT2D eigenvalue weighted by atomic mass is 9.82. The first kappa shape index (κ1) is 18.9. The van der Waals surface area contributed by atoms with E-state index in [2.05, 4.69) is 70.9 Å². The molecular weight excluding hydrogens is 368 g/mol. The maximum absolute atomic E-state index is 6.38. The zero-order valence-electron chi connectivity index (χ0n) is 16.5. The van der Waals surface area contributed by atoms with Gasteiger partial charge in [-0.3, -0.25) is 0 Å². The third-order valence-electron chi connectivity index (χ3n) is 5.28. The Balaban J connectivity index is 1.86. The topological polar surface area (TPSA) is 24.5 Å². The molecule has 144 valence electrons. The minimum atomic E-state index is 0.142. The second-order valence-corrected chi connectivity index (χ2v) is 7.70. The number of benzene rings is 3. The second-order valence-electron chi connectivity index (χ2n) is 7.43. The average molecular weight is 393 g/mol. The van der Waals surface area contributed by atoms with Crippen molar-refractivity contribution in [3.63, 3.8) is 0 Å². The molecular formula is C24H25ClN2O. The number of nitrogens with one attached hydrogen (secondary N) is 1. The van der Waals surface area contributed by atoms with Gasteiger partial charge in [-0.15, -0.1) is 11.6 Å². The predicted octanol–water partition coefficient (Wildman–Crippen LogP) is 5.50. The van der Waals surface area contributed by atoms with Gasteiger partial charge in [0.2, 0.25) is 0 Å². The lowest BCUT2D eigenvalue weighted by Crippen LogP contribution is -2.15. The second kappa shape index (κ2) is 7.86. The van der Waals surface area contributed by atoms with Crippen LogP contribution in [0.5, 0.6) is 11.5 Å². The summed E-state index contributed by atoms with van der Waals surface area (Å²) in [6, 6.07) is 21.6. The van der Waals surface area contributed by atoms with Crippen LogP contribution < -0.4 is 15.0 Å². The summed E-state index contributed by atoms with van der Waals surface area (Å²) in [6.07, 6.45) is 0. The van der Waals surface area contributed by atoms with Crippen LogP contribution in [-0.4, -0.2) is 21.1 Å². The van der Waals surface area contributed by atoms with Crippen LogP contribution in [0.1, 0.15) is 33.7 Å². The van der Waals surface area contributed by atoms with Gasteiger partial charge in [-0.25, -0.2) is 0 Å². The third-order valence-corrected chi connectivity index (χ3v) is 5.59. The van der Waals surface area contributed by atoms with Crippen LogP contribution >= 0.6 is 11.6 Å². The molecule has 1 atom stereocenters. The number of fused-ring (bicyclic) bond motifs is 2. The van der Waals surface area contributed by atoms with E-state index in [1.165, 1.54) is 22.3 Å². The SMILES string of the molecule is CNCc1ccc2c(c1)Oc1cc(N(C)C)ccc1C2c1ccc(CCl)cc1. The van der Waals surface area contributed by atoms with E-state index in [4.69, 9.17) is 16.3 Å². The minimum Gasteiger partial charge on any atom is -0.457 e. The Morgan fingerprint density at radius 3 is 2.18 bits per heavy atom. The standard InChI is InChI=1S/C24H25ClN2O/c1-26-15-17-6-10-20-22(12-17)28-23-13-19(27(2)3)9-11-21(23)24(20)18-7-4-16(14-25)5-8-18/h4-13,24,26H,14-15H2,1-3H3. The highest BCUT2D eigenvalue weighted by molar-refractivity contribution is 6.17. The van der Waals surface area contributed by atoms with Gasteiger partial charge >= 0.3 is 0 Å². The van der Waals surface area contributed by atoms with Crippen molar-refractivity contribution in [2.24, 2.45) is 0 Å². The summed E-state index contributed by atoms with van der Waals surface area (Å²) >= 11 is 5.99. The van der Waals surface area contributed by atoms with Crippen molar-refractivity contribution in [3.05, 3.63) is 88.5 Å². The van der Waals surface area contributed by atoms with Crippen LogP contribution in [0.2, 0.25) is 0 Å². The molecule has 1 heterocycles. The van der Waals surface area contributed by atoms with Gasteiger partial charge in [-0.2, -0.15) is 0 Å². The van der Waals surface area contributed by atoms with Gasteiger partial charge in [0.1, 0.15) is 11.5 Å². The van der Waals surface area contributed by atoms with Gasteiger partial charge < -0.3 is 15.0 Å².